The van der Waals surface area contributed by atoms with Crippen LogP contribution >= 0.6 is 0 Å². The summed E-state index contributed by atoms with van der Waals surface area (Å²) in [6.07, 6.45) is -6.11. The zero-order valence-electron chi connectivity index (χ0n) is 28.2. The van der Waals surface area contributed by atoms with Crippen molar-refractivity contribution in [3.05, 3.63) is 66.1 Å². The van der Waals surface area contributed by atoms with Gasteiger partial charge < -0.3 is 20.7 Å². The van der Waals surface area contributed by atoms with Crippen LogP contribution in [0.3, 0.4) is 0 Å². The minimum absolute atomic E-state index is 0.0996. The molecule has 0 saturated carbocycles. The van der Waals surface area contributed by atoms with Crippen LogP contribution in [0, 0.1) is 0 Å². The number of rotatable bonds is 6. The van der Waals surface area contributed by atoms with Crippen LogP contribution in [0.15, 0.2) is 60.6 Å². The Hall–Kier alpha value is -4.15. The Morgan fingerprint density at radius 1 is 1.17 bits per heavy atom. The van der Waals surface area contributed by atoms with Crippen molar-refractivity contribution in [1.82, 2.24) is 25.1 Å². The van der Waals surface area contributed by atoms with Crippen molar-refractivity contribution >= 4 is 17.6 Å². The van der Waals surface area contributed by atoms with E-state index >= 15 is 0 Å². The number of ether oxygens (including phenoxy) is 1. The quantitative estimate of drug-likeness (QED) is 0.418. The van der Waals surface area contributed by atoms with Gasteiger partial charge in [-0.05, 0) is 42.3 Å². The lowest BCUT2D eigenvalue weighted by Gasteiger charge is -2.08. The molecule has 30 heavy (non-hydrogen) atoms. The summed E-state index contributed by atoms with van der Waals surface area (Å²) < 4.78 is 157. The van der Waals surface area contributed by atoms with Crippen LogP contribution in [0.5, 0.6) is 11.6 Å². The molecule has 0 aliphatic carbocycles. The number of halogens is 3. The second-order valence-corrected chi connectivity index (χ2v) is 5.14. The number of H-pyrrole nitrogens is 1. The maximum Gasteiger partial charge on any atom is 0.416 e. The highest BCUT2D eigenvalue weighted by atomic mass is 19.4. The third-order valence-electron chi connectivity index (χ3n) is 3.09. The van der Waals surface area contributed by atoms with E-state index < -0.39 is 113 Å². The molecule has 2 aromatic heterocycles. The molecule has 0 atom stereocenters. The van der Waals surface area contributed by atoms with Crippen molar-refractivity contribution in [2.75, 3.05) is 11.0 Å². The molecular weight excluding hydrogens is 399 g/mol. The predicted octanol–water partition coefficient (Wildman–Crippen LogP) is 4.40. The molecule has 0 saturated heterocycles. The molecule has 11 heteroatoms. The zero-order valence-corrected chi connectivity index (χ0v) is 14.2. The number of hydrogen-bond acceptors (Lipinski definition) is 7. The summed E-state index contributed by atoms with van der Waals surface area (Å²) in [7, 11) is 0. The second kappa shape index (κ2) is 7.70. The van der Waals surface area contributed by atoms with E-state index in [2.05, 4.69) is 20.2 Å². The van der Waals surface area contributed by atoms with E-state index in [0.717, 1.165) is 0 Å². The van der Waals surface area contributed by atoms with E-state index in [4.69, 9.17) is 24.1 Å². The Morgan fingerprint density at radius 2 is 2.00 bits per heavy atom. The summed E-state index contributed by atoms with van der Waals surface area (Å²) in [6, 6.07) is -9.93. The van der Waals surface area contributed by atoms with Crippen molar-refractivity contribution < 1.29 is 37.3 Å². The highest BCUT2D eigenvalue weighted by Crippen LogP contribution is 2.31. The number of aromatic nitrogens is 5. The van der Waals surface area contributed by atoms with Gasteiger partial charge in [0, 0.05) is 23.5 Å². The Labute approximate surface area is 187 Å². The van der Waals surface area contributed by atoms with E-state index in [1.54, 1.807) is 0 Å². The molecule has 8 nitrogen and oxygen atoms in total. The Kier molecular flexibility index (Phi) is 2.23. The van der Waals surface area contributed by atoms with Crippen LogP contribution < -0.4 is 15.8 Å². The van der Waals surface area contributed by atoms with Crippen LogP contribution in [0.4, 0.5) is 30.8 Å². The molecule has 4 N–H and O–H groups in total. The molecule has 0 aliphatic rings. The van der Waals surface area contributed by atoms with Gasteiger partial charge in [-0.25, -0.2) is 4.98 Å². The van der Waals surface area contributed by atoms with Gasteiger partial charge in [0.25, 0.3) is 0 Å². The average molecular weight is 427 g/mol. The SMILES string of the molecule is [2H]c1nc(N([2H])[2H])nc(Oc2c([2H])c([2H])c(-c3nnc(N([2H])c4c([2H])c([2H])c([2H])c(C(F)(F)F)c4[2H])n3[2H])c([2H])c2[2H])c1[2H]. The number of nitrogens with zero attached hydrogens (tertiary/aromatic N) is 4. The number of hydrogen-bond donors (Lipinski definition) is 3. The van der Waals surface area contributed by atoms with Gasteiger partial charge in [-0.2, -0.15) is 18.2 Å². The number of nitrogens with one attached hydrogen (secondary N) is 2. The van der Waals surface area contributed by atoms with Gasteiger partial charge in [0.2, 0.25) is 17.8 Å². The highest BCUT2D eigenvalue weighted by molar-refractivity contribution is 5.60. The summed E-state index contributed by atoms with van der Waals surface area (Å²) in [5, 5.41) is 6.90. The fraction of sp³-hybridized carbons (Fsp3) is 0.0526. The molecule has 2 heterocycles. The first-order valence-electron chi connectivity index (χ1n) is 14.4. The van der Waals surface area contributed by atoms with Gasteiger partial charge in [0.1, 0.15) is 5.75 Å². The minimum atomic E-state index is -5.32. The first-order valence-corrected chi connectivity index (χ1v) is 7.63. The second-order valence-electron chi connectivity index (χ2n) is 5.14. The summed E-state index contributed by atoms with van der Waals surface area (Å²) >= 11 is 0. The summed E-state index contributed by atoms with van der Waals surface area (Å²) in [6.45, 7) is 0. The summed E-state index contributed by atoms with van der Waals surface area (Å²) in [5.74, 6) is -4.12. The average Bonchev–Trinajstić information content (AvgIpc) is 3.30. The number of benzene rings is 2. The Bertz CT molecular complexity index is 1790. The van der Waals surface area contributed by atoms with Crippen molar-refractivity contribution in [2.45, 2.75) is 6.18 Å². The molecule has 0 fully saturated rings. The molecule has 0 spiro atoms. The van der Waals surface area contributed by atoms with Crippen LogP contribution in [-0.4, -0.2) is 25.1 Å². The molecule has 0 unspecified atom stereocenters. The van der Waals surface area contributed by atoms with Crippen LogP contribution in [0.2, 0.25) is 5.65 Å². The van der Waals surface area contributed by atoms with E-state index in [9.17, 15) is 13.2 Å². The molecular formula is C19H14F3N7O. The molecule has 0 amide bonds. The molecule has 0 aliphatic heterocycles. The van der Waals surface area contributed by atoms with Gasteiger partial charge >= 0.3 is 6.18 Å². The van der Waals surface area contributed by atoms with E-state index in [1.165, 1.54) is 0 Å². The fourth-order valence-electron chi connectivity index (χ4n) is 1.89. The third kappa shape index (κ3) is 4.46. The first kappa shape index (κ1) is 8.69. The van der Waals surface area contributed by atoms with Crippen molar-refractivity contribution in [2.24, 2.45) is 0 Å². The van der Waals surface area contributed by atoms with E-state index in [0.29, 0.717) is 0 Å². The lowest BCUT2D eigenvalue weighted by molar-refractivity contribution is -0.137. The number of alkyl halides is 3. The summed E-state index contributed by atoms with van der Waals surface area (Å²) in [4.78, 5) is 7.10. The van der Waals surface area contributed by atoms with Gasteiger partial charge in [0.05, 0.1) is 19.3 Å². The number of aromatic amines is 1. The largest absolute Gasteiger partial charge is 0.439 e. The number of nitrogens with two attached hydrogens (primary N) is 1. The molecule has 2 aromatic carbocycles. The van der Waals surface area contributed by atoms with Crippen LogP contribution in [0.25, 0.3) is 11.4 Å². The fourth-order valence-corrected chi connectivity index (χ4v) is 1.89. The topological polar surface area (TPSA) is 115 Å². The van der Waals surface area contributed by atoms with Gasteiger partial charge in [-0.1, -0.05) is 6.04 Å². The summed E-state index contributed by atoms with van der Waals surface area (Å²) in [5.41, 5.74) is -3.93. The smallest absolute Gasteiger partial charge is 0.416 e. The minimum Gasteiger partial charge on any atom is -0.439 e. The lowest BCUT2D eigenvalue weighted by Crippen LogP contribution is -2.05. The normalized spacial score (nSPS) is 17.7. The van der Waals surface area contributed by atoms with Gasteiger partial charge in [-0.3, -0.25) is 0 Å². The molecule has 4 rings (SSSR count). The van der Waals surface area contributed by atoms with Crippen LogP contribution in [0.1, 0.15) is 19.3 Å². The van der Waals surface area contributed by atoms with Crippen LogP contribution in [-0.2, 0) is 6.18 Å². The standard InChI is InChI=1S/C19H14F3N7O/c20-19(21,22)12-2-1-3-13(10-12)25-18-27-16(28-29-18)11-4-6-14(7-5-11)30-15-8-9-24-17(23)26-15/h1-10H,(H2,23,24,26)(H2,25,27,28,29)/i1D,2D,3D,4D,5D,6D,7D,8D,9D,10D/hD4. The third-order valence-corrected chi connectivity index (χ3v) is 3.09. The maximum absolute atomic E-state index is 13.5. The predicted molar refractivity (Wildman–Crippen MR) is 103 cm³/mol. The Balaban J connectivity index is 1.84. The van der Waals surface area contributed by atoms with E-state index in [1.807, 2.05) is 0 Å². The van der Waals surface area contributed by atoms with Crippen molar-refractivity contribution in [3.8, 4) is 23.0 Å². The van der Waals surface area contributed by atoms with Crippen molar-refractivity contribution in [3.63, 3.8) is 0 Å². The monoisotopic (exact) mass is 427 g/mol. The molecule has 152 valence electrons. The molecule has 0 radical (unpaired) electrons. The van der Waals surface area contributed by atoms with Gasteiger partial charge in [-0.15, -0.1) is 10.2 Å². The number of nitrogen functional groups attached to an aromatic ring is 1. The van der Waals surface area contributed by atoms with Crippen molar-refractivity contribution in [1.29, 1.82) is 0 Å². The zero-order chi connectivity index (χ0) is 33.2. The lowest BCUT2D eigenvalue weighted by atomic mass is 10.2. The number of anilines is 3. The first-order chi connectivity index (χ1) is 20.3. The molecule has 4 aromatic rings. The Morgan fingerprint density at radius 3 is 2.77 bits per heavy atom. The van der Waals surface area contributed by atoms with E-state index in [-0.39, 0.29) is 16.0 Å². The highest BCUT2D eigenvalue weighted by Gasteiger charge is 2.30. The maximum atomic E-state index is 13.5. The molecule has 0 bridgehead atoms. The van der Waals surface area contributed by atoms with Gasteiger partial charge in [0.15, 0.2) is 11.5 Å².